The second-order valence-corrected chi connectivity index (χ2v) is 23.5. The first kappa shape index (κ1) is 42.4. The zero-order valence-corrected chi connectivity index (χ0v) is 40.6. The van der Waals surface area contributed by atoms with Gasteiger partial charge in [0, 0.05) is 45.0 Å². The van der Waals surface area contributed by atoms with Crippen LogP contribution >= 0.6 is 0 Å². The van der Waals surface area contributed by atoms with E-state index in [1.807, 2.05) is 0 Å². The smallest absolute Gasteiger partial charge is 0.179 e. The van der Waals surface area contributed by atoms with Gasteiger partial charge in [0.25, 0.3) is 0 Å². The van der Waals surface area contributed by atoms with Gasteiger partial charge in [-0.05, 0) is 138 Å². The molecule has 69 heavy (non-hydrogen) atoms. The van der Waals surface area contributed by atoms with Crippen molar-refractivity contribution >= 4 is 62.9 Å². The Morgan fingerprint density at radius 1 is 0.246 bits per heavy atom. The van der Waals surface area contributed by atoms with Crippen LogP contribution in [0.2, 0.25) is 0 Å². The summed E-state index contributed by atoms with van der Waals surface area (Å²) >= 11 is 0. The van der Waals surface area contributed by atoms with Crippen molar-refractivity contribution < 1.29 is 0 Å². The second kappa shape index (κ2) is 16.7. The lowest BCUT2D eigenvalue weighted by atomic mass is 9.82. The van der Waals surface area contributed by atoms with Gasteiger partial charge in [0.2, 0.25) is 0 Å². The van der Waals surface area contributed by atoms with Crippen LogP contribution in [0, 0.1) is 0 Å². The maximum atomic E-state index is 2.49. The Bertz CT molecular complexity index is 3270. The van der Waals surface area contributed by atoms with E-state index in [0.717, 1.165) is 34.1 Å². The fourth-order valence-electron chi connectivity index (χ4n) is 11.8. The zero-order chi connectivity index (χ0) is 46.7. The molecule has 0 amide bonds. The number of anilines is 6. The molecule has 0 saturated carbocycles. The monoisotopic (exact) mass is 902 g/mol. The molecule has 10 aromatic carbocycles. The van der Waals surface area contributed by atoms with Crippen LogP contribution in [0.3, 0.4) is 0 Å². The minimum atomic E-state index is -3.08. The fraction of sp³-hybridized carbons (Fsp3) is 0.0909. The Morgan fingerprint density at radius 2 is 0.551 bits per heavy atom. The third-order valence-electron chi connectivity index (χ3n) is 15.2. The molecule has 0 radical (unpaired) electrons. The van der Waals surface area contributed by atoms with Gasteiger partial charge in [0.15, 0.2) is 8.07 Å². The van der Waals surface area contributed by atoms with Crippen molar-refractivity contribution in [3.63, 3.8) is 0 Å². The lowest BCUT2D eigenvalue weighted by Gasteiger charge is -2.36. The summed E-state index contributed by atoms with van der Waals surface area (Å²) in [5, 5.41) is 5.29. The average Bonchev–Trinajstić information content (AvgIpc) is 3.77. The topological polar surface area (TPSA) is 6.48 Å². The van der Waals surface area contributed by atoms with Crippen LogP contribution in [0.5, 0.6) is 0 Å². The zero-order valence-electron chi connectivity index (χ0n) is 39.6. The molecule has 2 aliphatic carbocycles. The Hall–Kier alpha value is -7.98. The fourth-order valence-corrected chi connectivity index (χ4v) is 16.7. The number of hydrogen-bond acceptors (Lipinski definition) is 2. The van der Waals surface area contributed by atoms with Crippen LogP contribution < -0.4 is 30.5 Å². The van der Waals surface area contributed by atoms with Gasteiger partial charge in [-0.15, -0.1) is 0 Å². The summed E-state index contributed by atoms with van der Waals surface area (Å²) in [7, 11) is -3.08. The second-order valence-electron chi connectivity index (χ2n) is 19.7. The highest BCUT2D eigenvalue weighted by molar-refractivity contribution is 7.20. The first-order chi connectivity index (χ1) is 33.7. The maximum absolute atomic E-state index is 3.08. The molecule has 10 aromatic rings. The van der Waals surface area contributed by atoms with Crippen LogP contribution in [-0.2, 0) is 10.8 Å². The van der Waals surface area contributed by atoms with E-state index < -0.39 is 8.07 Å². The largest absolute Gasteiger partial charge is 0.310 e. The average molecular weight is 903 g/mol. The quantitative estimate of drug-likeness (QED) is 0.0997. The van der Waals surface area contributed by atoms with Crippen LogP contribution in [0.1, 0.15) is 49.9 Å². The standard InChI is InChI=1S/C66H54N2Si/c1-65(2)61-37-19-17-35-57(61)59-41-39-51(45-63(59)65)67(47-23-9-5-10-24-47)49-27-21-33-55(43-49)69(53-29-13-7-14-30-53,54-31-15-8-16-32-54)56-34-22-28-50(44-56)68(48-25-11-6-12-26-48)52-40-42-60-58-36-18-20-38-62(58)66(3,4)64(60)46-52/h5-46H,1-4H3. The number of hydrogen-bond donors (Lipinski definition) is 0. The molecule has 0 aliphatic heterocycles. The maximum Gasteiger partial charge on any atom is 0.179 e. The van der Waals surface area contributed by atoms with Crippen LogP contribution in [0.25, 0.3) is 22.3 Å². The number of benzene rings is 10. The summed E-state index contributed by atoms with van der Waals surface area (Å²) in [6.45, 7) is 9.47. The van der Waals surface area contributed by atoms with Gasteiger partial charge in [-0.3, -0.25) is 0 Å². The van der Waals surface area contributed by atoms with Crippen molar-refractivity contribution in [2.24, 2.45) is 0 Å². The normalized spacial score (nSPS) is 13.7. The molecule has 0 fully saturated rings. The van der Waals surface area contributed by atoms with Crippen molar-refractivity contribution in [2.45, 2.75) is 38.5 Å². The predicted octanol–water partition coefficient (Wildman–Crippen LogP) is 14.6. The Kier molecular flexibility index (Phi) is 10.2. The van der Waals surface area contributed by atoms with Gasteiger partial charge < -0.3 is 9.80 Å². The van der Waals surface area contributed by atoms with Crippen molar-refractivity contribution in [3.8, 4) is 22.3 Å². The Balaban J connectivity index is 1.06. The molecular formula is C66H54N2Si. The molecule has 0 N–H and O–H groups in total. The third kappa shape index (κ3) is 6.83. The van der Waals surface area contributed by atoms with Crippen LogP contribution in [0.15, 0.2) is 255 Å². The molecule has 0 aromatic heterocycles. The lowest BCUT2D eigenvalue weighted by molar-refractivity contribution is 0.660. The number of nitrogens with zero attached hydrogens (tertiary/aromatic N) is 2. The van der Waals surface area contributed by atoms with E-state index in [9.17, 15) is 0 Å². The summed E-state index contributed by atoms with van der Waals surface area (Å²) in [6, 6.07) is 95.3. The Labute approximate surface area is 408 Å². The van der Waals surface area contributed by atoms with Crippen LogP contribution in [0.4, 0.5) is 34.1 Å². The van der Waals surface area contributed by atoms with Gasteiger partial charge in [-0.25, -0.2) is 0 Å². The molecule has 2 nitrogen and oxygen atoms in total. The molecule has 0 spiro atoms. The number of fused-ring (bicyclic) bond motifs is 6. The summed E-state index contributed by atoms with van der Waals surface area (Å²) < 4.78 is 0. The molecule has 3 heteroatoms. The molecular weight excluding hydrogens is 849 g/mol. The van der Waals surface area contributed by atoms with Gasteiger partial charge in [0.1, 0.15) is 0 Å². The first-order valence-electron chi connectivity index (χ1n) is 24.3. The van der Waals surface area contributed by atoms with E-state index >= 15 is 0 Å². The van der Waals surface area contributed by atoms with Crippen molar-refractivity contribution in [3.05, 3.63) is 277 Å². The van der Waals surface area contributed by atoms with E-state index in [2.05, 4.69) is 292 Å². The summed E-state index contributed by atoms with van der Waals surface area (Å²) in [4.78, 5) is 4.92. The first-order valence-corrected chi connectivity index (χ1v) is 26.3. The van der Waals surface area contributed by atoms with E-state index in [1.54, 1.807) is 0 Å². The molecule has 0 unspecified atom stereocenters. The molecule has 0 saturated heterocycles. The lowest BCUT2D eigenvalue weighted by Crippen LogP contribution is -2.74. The van der Waals surface area contributed by atoms with Crippen molar-refractivity contribution in [2.75, 3.05) is 9.80 Å². The van der Waals surface area contributed by atoms with E-state index in [0.29, 0.717) is 0 Å². The van der Waals surface area contributed by atoms with Gasteiger partial charge in [-0.1, -0.05) is 210 Å². The van der Waals surface area contributed by atoms with Gasteiger partial charge in [0.05, 0.1) is 0 Å². The summed E-state index contributed by atoms with van der Waals surface area (Å²) in [6.07, 6.45) is 0. The Morgan fingerprint density at radius 3 is 0.957 bits per heavy atom. The van der Waals surface area contributed by atoms with E-state index in [1.165, 1.54) is 65.3 Å². The van der Waals surface area contributed by atoms with E-state index in [-0.39, 0.29) is 10.8 Å². The highest BCUT2D eigenvalue weighted by Gasteiger charge is 2.43. The number of para-hydroxylation sites is 2. The minimum Gasteiger partial charge on any atom is -0.310 e. The third-order valence-corrected chi connectivity index (χ3v) is 19.9. The van der Waals surface area contributed by atoms with Gasteiger partial charge in [-0.2, -0.15) is 0 Å². The molecule has 12 rings (SSSR count). The van der Waals surface area contributed by atoms with Crippen LogP contribution in [-0.4, -0.2) is 8.07 Å². The molecule has 0 bridgehead atoms. The molecule has 2 aliphatic rings. The van der Waals surface area contributed by atoms with Crippen molar-refractivity contribution in [1.29, 1.82) is 0 Å². The molecule has 332 valence electrons. The minimum absolute atomic E-state index is 0.130. The molecule has 0 heterocycles. The predicted molar refractivity (Wildman–Crippen MR) is 295 cm³/mol. The number of rotatable bonds is 10. The summed E-state index contributed by atoms with van der Waals surface area (Å²) in [5.74, 6) is 0. The van der Waals surface area contributed by atoms with Crippen molar-refractivity contribution in [1.82, 2.24) is 0 Å². The SMILES string of the molecule is CC1(C)c2ccccc2-c2ccc(N(c3ccccc3)c3cccc([Si](c4ccccc4)(c4ccccc4)c4cccc(N(c5ccccc5)c5ccc6c(c5)C(C)(C)c5ccccc5-6)c4)c3)cc21. The highest BCUT2D eigenvalue weighted by atomic mass is 28.3. The highest BCUT2D eigenvalue weighted by Crippen LogP contribution is 2.52. The summed E-state index contributed by atoms with van der Waals surface area (Å²) in [5.41, 5.74) is 17.3. The van der Waals surface area contributed by atoms with E-state index in [4.69, 9.17) is 0 Å². The van der Waals surface area contributed by atoms with Gasteiger partial charge >= 0.3 is 0 Å². The molecule has 0 atom stereocenters.